The van der Waals surface area contributed by atoms with Crippen LogP contribution in [-0.2, 0) is 20.9 Å². The molecule has 0 saturated heterocycles. The molecule has 2 aliphatic carbocycles. The Bertz CT molecular complexity index is 1030. The first-order valence-corrected chi connectivity index (χ1v) is 12.8. The van der Waals surface area contributed by atoms with E-state index in [1.54, 1.807) is 18.9 Å². The first-order valence-electron chi connectivity index (χ1n) is 12.8. The van der Waals surface area contributed by atoms with Crippen molar-refractivity contribution in [2.75, 3.05) is 7.05 Å². The van der Waals surface area contributed by atoms with Gasteiger partial charge in [0.15, 0.2) is 0 Å². The van der Waals surface area contributed by atoms with Gasteiger partial charge in [0.25, 0.3) is 0 Å². The summed E-state index contributed by atoms with van der Waals surface area (Å²) in [7, 11) is 1.71. The van der Waals surface area contributed by atoms with E-state index in [4.69, 9.17) is 0 Å². The van der Waals surface area contributed by atoms with E-state index in [0.29, 0.717) is 12.5 Å². The lowest BCUT2D eigenvalue weighted by atomic mass is 9.77. The highest BCUT2D eigenvalue weighted by Crippen LogP contribution is 2.37. The second-order valence-corrected chi connectivity index (χ2v) is 10.3. The van der Waals surface area contributed by atoms with Gasteiger partial charge in [-0.2, -0.15) is 0 Å². The van der Waals surface area contributed by atoms with Crippen molar-refractivity contribution in [1.29, 1.82) is 0 Å². The Morgan fingerprint density at radius 1 is 1.09 bits per heavy atom. The molecule has 1 aromatic rings. The fourth-order valence-corrected chi connectivity index (χ4v) is 5.50. The third-order valence-electron chi connectivity index (χ3n) is 7.67. The third-order valence-corrected chi connectivity index (χ3v) is 7.67. The Kier molecular flexibility index (Phi) is 7.75. The first kappa shape index (κ1) is 25.2. The normalized spacial score (nSPS) is 24.8. The van der Waals surface area contributed by atoms with Gasteiger partial charge in [-0.1, -0.05) is 62.8 Å². The van der Waals surface area contributed by atoms with E-state index in [1.807, 2.05) is 38.1 Å². The van der Waals surface area contributed by atoms with Crippen LogP contribution < -0.4 is 16.0 Å². The van der Waals surface area contributed by atoms with Gasteiger partial charge in [0.2, 0.25) is 17.7 Å². The summed E-state index contributed by atoms with van der Waals surface area (Å²) in [6.45, 7) is 5.94. The number of likely N-dealkylation sites (N-methyl/N-ethyl adjacent to an activating group) is 1. The fourth-order valence-electron chi connectivity index (χ4n) is 5.50. The maximum absolute atomic E-state index is 13.8. The fraction of sp³-hybridized carbons (Fsp3) is 0.536. The van der Waals surface area contributed by atoms with E-state index in [-0.39, 0.29) is 29.7 Å². The Hall–Kier alpha value is -2.93. The van der Waals surface area contributed by atoms with Crippen LogP contribution in [0.3, 0.4) is 0 Å². The van der Waals surface area contributed by atoms with Crippen LogP contribution in [0.5, 0.6) is 0 Å². The summed E-state index contributed by atoms with van der Waals surface area (Å²) < 4.78 is 0. The van der Waals surface area contributed by atoms with Gasteiger partial charge in [-0.05, 0) is 61.8 Å². The van der Waals surface area contributed by atoms with Crippen molar-refractivity contribution in [2.24, 2.45) is 11.8 Å². The maximum Gasteiger partial charge on any atom is 0.247 e. The number of amides is 3. The second-order valence-electron chi connectivity index (χ2n) is 10.3. The zero-order valence-electron chi connectivity index (χ0n) is 21.2. The third kappa shape index (κ3) is 5.20. The van der Waals surface area contributed by atoms with Crippen LogP contribution in [-0.4, -0.2) is 47.8 Å². The minimum absolute atomic E-state index is 0.00649. The van der Waals surface area contributed by atoms with E-state index in [2.05, 4.69) is 34.2 Å². The molecule has 7 heteroatoms. The summed E-state index contributed by atoms with van der Waals surface area (Å²) in [4.78, 5) is 41.9. The smallest absolute Gasteiger partial charge is 0.247 e. The van der Waals surface area contributed by atoms with Gasteiger partial charge in [-0.3, -0.25) is 14.4 Å². The van der Waals surface area contributed by atoms with Gasteiger partial charge in [-0.15, -0.1) is 0 Å². The van der Waals surface area contributed by atoms with E-state index in [9.17, 15) is 14.4 Å². The van der Waals surface area contributed by atoms with Crippen LogP contribution in [0.1, 0.15) is 63.6 Å². The summed E-state index contributed by atoms with van der Waals surface area (Å²) in [5.74, 6) is -0.248. The molecule has 3 N–H and O–H groups in total. The lowest BCUT2D eigenvalue weighted by Gasteiger charge is -2.36. The molecule has 0 radical (unpaired) electrons. The molecule has 0 aromatic heterocycles. The summed E-state index contributed by atoms with van der Waals surface area (Å²) in [6, 6.07) is 5.90. The monoisotopic (exact) mass is 478 g/mol. The molecule has 3 aliphatic rings. The van der Waals surface area contributed by atoms with Gasteiger partial charge in [-0.25, -0.2) is 0 Å². The number of nitrogens with one attached hydrogen (secondary N) is 3. The van der Waals surface area contributed by atoms with Crippen molar-refractivity contribution in [3.63, 3.8) is 0 Å². The summed E-state index contributed by atoms with van der Waals surface area (Å²) >= 11 is 0. The van der Waals surface area contributed by atoms with Crippen molar-refractivity contribution in [3.05, 3.63) is 59.2 Å². The molecular weight excluding hydrogens is 440 g/mol. The molecule has 1 heterocycles. The van der Waals surface area contributed by atoms with E-state index < -0.39 is 18.1 Å². The Morgan fingerprint density at radius 3 is 2.60 bits per heavy atom. The minimum atomic E-state index is -0.715. The van der Waals surface area contributed by atoms with E-state index in [1.165, 1.54) is 5.57 Å². The molecule has 3 unspecified atom stereocenters. The molecule has 5 atom stereocenters. The first-order chi connectivity index (χ1) is 16.8. The molecule has 188 valence electrons. The van der Waals surface area contributed by atoms with Crippen molar-refractivity contribution < 1.29 is 14.4 Å². The Balaban J connectivity index is 1.58. The van der Waals surface area contributed by atoms with Crippen LogP contribution in [0.4, 0.5) is 0 Å². The zero-order chi connectivity index (χ0) is 25.1. The molecule has 4 rings (SSSR count). The maximum atomic E-state index is 13.8. The highest BCUT2D eigenvalue weighted by atomic mass is 16.2. The second kappa shape index (κ2) is 10.8. The van der Waals surface area contributed by atoms with Crippen LogP contribution in [0.25, 0.3) is 0 Å². The van der Waals surface area contributed by atoms with Crippen molar-refractivity contribution in [2.45, 2.75) is 77.2 Å². The molecule has 0 spiro atoms. The SMILES string of the molecule is CN[C@@H](C)C(=O)NC(C(=O)N1Cc2ccccc2C1C(=O)N[C@@H]1CCCC2CC=CC=C21)C(C)C. The van der Waals surface area contributed by atoms with Crippen LogP contribution >= 0.6 is 0 Å². The predicted octanol–water partition coefficient (Wildman–Crippen LogP) is 2.99. The number of fused-ring (bicyclic) bond motifs is 2. The standard InChI is InChI=1S/C28H38N4O3/c1-17(2)24(31-26(33)18(3)29-4)28(35)32-16-20-11-6-8-14-22(20)25(32)27(34)30-23-15-9-12-19-10-5-7-13-21(19)23/h5-8,11,13-14,17-19,23-25,29H,9-10,12,15-16H2,1-4H3,(H,30,34)(H,31,33)/t18-,19?,23+,24?,25?/m0/s1. The van der Waals surface area contributed by atoms with Gasteiger partial charge in [0.05, 0.1) is 12.1 Å². The van der Waals surface area contributed by atoms with Crippen LogP contribution in [0.15, 0.2) is 48.1 Å². The Labute approximate surface area is 208 Å². The topological polar surface area (TPSA) is 90.5 Å². The number of carbonyl (C=O) groups excluding carboxylic acids is 3. The van der Waals surface area contributed by atoms with Gasteiger partial charge in [0, 0.05) is 6.54 Å². The average molecular weight is 479 g/mol. The van der Waals surface area contributed by atoms with Crippen LogP contribution in [0.2, 0.25) is 0 Å². The highest BCUT2D eigenvalue weighted by molar-refractivity contribution is 5.95. The molecule has 7 nitrogen and oxygen atoms in total. The van der Waals surface area contributed by atoms with Gasteiger partial charge in [0.1, 0.15) is 12.1 Å². The molecule has 3 amide bonds. The molecular formula is C28H38N4O3. The number of benzene rings is 1. The molecule has 1 fully saturated rings. The molecule has 1 saturated carbocycles. The largest absolute Gasteiger partial charge is 0.348 e. The van der Waals surface area contributed by atoms with E-state index >= 15 is 0 Å². The molecule has 1 aromatic carbocycles. The lowest BCUT2D eigenvalue weighted by molar-refractivity contribution is -0.144. The molecule has 1 aliphatic heterocycles. The average Bonchev–Trinajstić information content (AvgIpc) is 3.26. The number of nitrogens with zero attached hydrogens (tertiary/aromatic N) is 1. The zero-order valence-corrected chi connectivity index (χ0v) is 21.2. The Morgan fingerprint density at radius 2 is 1.86 bits per heavy atom. The number of hydrogen-bond acceptors (Lipinski definition) is 4. The van der Waals surface area contributed by atoms with Crippen molar-refractivity contribution in [3.8, 4) is 0 Å². The number of rotatable bonds is 7. The number of hydrogen-bond donors (Lipinski definition) is 3. The summed E-state index contributed by atoms with van der Waals surface area (Å²) in [5.41, 5.74) is 3.13. The lowest BCUT2D eigenvalue weighted by Crippen LogP contribution is -2.55. The van der Waals surface area contributed by atoms with Crippen molar-refractivity contribution >= 4 is 17.7 Å². The summed E-state index contributed by atoms with van der Waals surface area (Å²) in [5, 5.41) is 9.11. The molecule has 0 bridgehead atoms. The number of allylic oxidation sites excluding steroid dienone is 3. The quantitative estimate of drug-likeness (QED) is 0.562. The molecule has 35 heavy (non-hydrogen) atoms. The van der Waals surface area contributed by atoms with Gasteiger partial charge >= 0.3 is 0 Å². The van der Waals surface area contributed by atoms with Crippen molar-refractivity contribution in [1.82, 2.24) is 20.9 Å². The highest BCUT2D eigenvalue weighted by Gasteiger charge is 2.43. The summed E-state index contributed by atoms with van der Waals surface area (Å²) in [6.07, 6.45) is 10.6. The predicted molar refractivity (Wildman–Crippen MR) is 136 cm³/mol. The van der Waals surface area contributed by atoms with E-state index in [0.717, 1.165) is 36.8 Å². The number of carbonyl (C=O) groups is 3. The van der Waals surface area contributed by atoms with Crippen LogP contribution in [0, 0.1) is 11.8 Å². The van der Waals surface area contributed by atoms with Gasteiger partial charge < -0.3 is 20.9 Å². The minimum Gasteiger partial charge on any atom is -0.348 e.